The average molecular weight is 278 g/mol. The quantitative estimate of drug-likeness (QED) is 0.870. The lowest BCUT2D eigenvalue weighted by molar-refractivity contribution is 0.0696. The molecule has 0 spiro atoms. The maximum atomic E-state index is 12.3. The Labute approximate surface area is 117 Å². The number of likely N-dealkylation sites (N-methyl/N-ethyl adjacent to an activating group) is 1. The number of nitrogens with zero attached hydrogens (tertiary/aromatic N) is 2. The predicted molar refractivity (Wildman–Crippen MR) is 74.2 cm³/mol. The molecule has 0 fully saturated rings. The summed E-state index contributed by atoms with van der Waals surface area (Å²) in [6.07, 6.45) is 1.57. The minimum Gasteiger partial charge on any atom is -0.478 e. The molecule has 6 nitrogen and oxygen atoms in total. The third kappa shape index (κ3) is 2.75. The van der Waals surface area contributed by atoms with Crippen molar-refractivity contribution >= 4 is 17.7 Å². The van der Waals surface area contributed by atoms with E-state index < -0.39 is 5.97 Å². The van der Waals surface area contributed by atoms with Crippen molar-refractivity contribution in [3.63, 3.8) is 0 Å². The van der Waals surface area contributed by atoms with Crippen LogP contribution in [-0.4, -0.2) is 53.9 Å². The molecule has 0 saturated carbocycles. The van der Waals surface area contributed by atoms with Crippen LogP contribution in [-0.2, 0) is 6.42 Å². The normalized spacial score (nSPS) is 13.8. The molecule has 0 atom stereocenters. The fourth-order valence-electron chi connectivity index (χ4n) is 2.38. The van der Waals surface area contributed by atoms with Crippen LogP contribution >= 0.6 is 0 Å². The van der Waals surface area contributed by atoms with Crippen molar-refractivity contribution in [1.29, 1.82) is 0 Å². The Morgan fingerprint density at radius 3 is 2.80 bits per heavy atom. The largest absolute Gasteiger partial charge is 0.478 e. The molecule has 0 radical (unpaired) electrons. The minimum absolute atomic E-state index is 0.0825. The Kier molecular flexibility index (Phi) is 4.24. The second-order valence-corrected chi connectivity index (χ2v) is 4.83. The summed E-state index contributed by atoms with van der Waals surface area (Å²) in [7, 11) is 1.64. The molecule has 0 saturated heterocycles. The van der Waals surface area contributed by atoms with Crippen molar-refractivity contribution in [1.82, 2.24) is 4.90 Å². The summed E-state index contributed by atoms with van der Waals surface area (Å²) < 4.78 is 0. The standard InChI is InChI=1S/C14H18N2O4/c1-15(7-8-17)14(20)16-6-2-3-10-9-11(13(18)19)4-5-12(10)16/h4-5,9,17H,2-3,6-8H2,1H3,(H,18,19). The van der Waals surface area contributed by atoms with Crippen molar-refractivity contribution in [2.75, 3.05) is 31.6 Å². The molecule has 0 aromatic heterocycles. The molecule has 0 bridgehead atoms. The molecule has 1 heterocycles. The molecule has 2 N–H and O–H groups in total. The van der Waals surface area contributed by atoms with Crippen LogP contribution in [0.5, 0.6) is 0 Å². The number of carboxylic acid groups (broad SMARTS) is 1. The smallest absolute Gasteiger partial charge is 0.335 e. The highest BCUT2D eigenvalue weighted by atomic mass is 16.4. The van der Waals surface area contributed by atoms with Gasteiger partial charge in [-0.1, -0.05) is 0 Å². The summed E-state index contributed by atoms with van der Waals surface area (Å²) in [5.74, 6) is -0.964. The summed E-state index contributed by atoms with van der Waals surface area (Å²) in [5, 5.41) is 17.9. The molecule has 6 heteroatoms. The molecule has 108 valence electrons. The van der Waals surface area contributed by atoms with Crippen LogP contribution in [0.3, 0.4) is 0 Å². The summed E-state index contributed by atoms with van der Waals surface area (Å²) in [4.78, 5) is 26.4. The molecule has 1 aliphatic rings. The maximum Gasteiger partial charge on any atom is 0.335 e. The molecular weight excluding hydrogens is 260 g/mol. The van der Waals surface area contributed by atoms with Crippen LogP contribution in [0.2, 0.25) is 0 Å². The Morgan fingerprint density at radius 1 is 1.40 bits per heavy atom. The summed E-state index contributed by atoms with van der Waals surface area (Å²) in [6, 6.07) is 4.65. The first-order chi connectivity index (χ1) is 9.54. The highest BCUT2D eigenvalue weighted by Gasteiger charge is 2.25. The van der Waals surface area contributed by atoms with Crippen molar-refractivity contribution in [2.45, 2.75) is 12.8 Å². The number of anilines is 1. The lowest BCUT2D eigenvalue weighted by Gasteiger charge is -2.32. The number of carbonyl (C=O) groups is 2. The number of rotatable bonds is 3. The monoisotopic (exact) mass is 278 g/mol. The fourth-order valence-corrected chi connectivity index (χ4v) is 2.38. The number of carboxylic acids is 1. The van der Waals surface area contributed by atoms with Crippen LogP contribution in [0.25, 0.3) is 0 Å². The minimum atomic E-state index is -0.964. The van der Waals surface area contributed by atoms with Crippen molar-refractivity contribution in [2.24, 2.45) is 0 Å². The second kappa shape index (κ2) is 5.92. The predicted octanol–water partition coefficient (Wildman–Crippen LogP) is 1.18. The van der Waals surface area contributed by atoms with Gasteiger partial charge in [0.25, 0.3) is 0 Å². The van der Waals surface area contributed by atoms with E-state index >= 15 is 0 Å². The summed E-state index contributed by atoms with van der Waals surface area (Å²) in [5.41, 5.74) is 1.87. The number of benzene rings is 1. The molecule has 2 rings (SSSR count). The van der Waals surface area contributed by atoms with Crippen LogP contribution < -0.4 is 4.90 Å². The number of carbonyl (C=O) groups excluding carboxylic acids is 1. The third-order valence-electron chi connectivity index (χ3n) is 3.44. The summed E-state index contributed by atoms with van der Waals surface area (Å²) in [6.45, 7) is 0.798. The maximum absolute atomic E-state index is 12.3. The van der Waals surface area contributed by atoms with E-state index in [-0.39, 0.29) is 24.7 Å². The van der Waals surface area contributed by atoms with Gasteiger partial charge < -0.3 is 15.1 Å². The van der Waals surface area contributed by atoms with Crippen LogP contribution in [0.15, 0.2) is 18.2 Å². The number of hydrogen-bond donors (Lipinski definition) is 2. The molecule has 1 aliphatic heterocycles. The van der Waals surface area contributed by atoms with E-state index in [0.29, 0.717) is 6.54 Å². The zero-order valence-electron chi connectivity index (χ0n) is 11.4. The Balaban J connectivity index is 2.28. The van der Waals surface area contributed by atoms with Gasteiger partial charge in [-0.2, -0.15) is 0 Å². The van der Waals surface area contributed by atoms with Gasteiger partial charge in [-0.3, -0.25) is 4.90 Å². The molecule has 1 aromatic carbocycles. The first-order valence-electron chi connectivity index (χ1n) is 6.54. The van der Waals surface area contributed by atoms with Crippen LogP contribution in [0.1, 0.15) is 22.3 Å². The first-order valence-corrected chi connectivity index (χ1v) is 6.54. The molecule has 0 aliphatic carbocycles. The van der Waals surface area contributed by atoms with Gasteiger partial charge in [0.2, 0.25) is 0 Å². The number of aromatic carboxylic acids is 1. The zero-order chi connectivity index (χ0) is 14.7. The van der Waals surface area contributed by atoms with Gasteiger partial charge in [-0.25, -0.2) is 9.59 Å². The molecule has 0 unspecified atom stereocenters. The van der Waals surface area contributed by atoms with E-state index in [2.05, 4.69) is 0 Å². The van der Waals surface area contributed by atoms with E-state index in [0.717, 1.165) is 24.1 Å². The SMILES string of the molecule is CN(CCO)C(=O)N1CCCc2cc(C(=O)O)ccc21. The third-order valence-corrected chi connectivity index (χ3v) is 3.44. The summed E-state index contributed by atoms with van der Waals surface area (Å²) >= 11 is 0. The average Bonchev–Trinajstić information content (AvgIpc) is 2.45. The van der Waals surface area contributed by atoms with E-state index in [1.807, 2.05) is 0 Å². The van der Waals surface area contributed by atoms with E-state index in [9.17, 15) is 9.59 Å². The number of amides is 2. The fraction of sp³-hybridized carbons (Fsp3) is 0.429. The Morgan fingerprint density at radius 2 is 2.15 bits per heavy atom. The van der Waals surface area contributed by atoms with Gasteiger partial charge in [0.05, 0.1) is 12.2 Å². The number of aliphatic hydroxyl groups is 1. The number of hydrogen-bond acceptors (Lipinski definition) is 3. The number of fused-ring (bicyclic) bond motifs is 1. The van der Waals surface area contributed by atoms with Crippen molar-refractivity contribution in [3.8, 4) is 0 Å². The zero-order valence-corrected chi connectivity index (χ0v) is 11.4. The van der Waals surface area contributed by atoms with Gasteiger partial charge in [-0.05, 0) is 36.6 Å². The van der Waals surface area contributed by atoms with Gasteiger partial charge in [0, 0.05) is 25.8 Å². The van der Waals surface area contributed by atoms with Crippen molar-refractivity contribution < 1.29 is 19.8 Å². The number of urea groups is 1. The Hall–Kier alpha value is -2.08. The van der Waals surface area contributed by atoms with Gasteiger partial charge in [-0.15, -0.1) is 0 Å². The highest BCUT2D eigenvalue weighted by Crippen LogP contribution is 2.28. The first kappa shape index (κ1) is 14.3. The van der Waals surface area contributed by atoms with E-state index in [4.69, 9.17) is 10.2 Å². The highest BCUT2D eigenvalue weighted by molar-refractivity contribution is 5.95. The number of aliphatic hydroxyl groups excluding tert-OH is 1. The number of aryl methyl sites for hydroxylation is 1. The molecule has 20 heavy (non-hydrogen) atoms. The topological polar surface area (TPSA) is 81.1 Å². The second-order valence-electron chi connectivity index (χ2n) is 4.83. The molecular formula is C14H18N2O4. The van der Waals surface area contributed by atoms with Crippen molar-refractivity contribution in [3.05, 3.63) is 29.3 Å². The van der Waals surface area contributed by atoms with Crippen LogP contribution in [0, 0.1) is 0 Å². The Bertz CT molecular complexity index is 530. The van der Waals surface area contributed by atoms with Gasteiger partial charge >= 0.3 is 12.0 Å². The van der Waals surface area contributed by atoms with Gasteiger partial charge in [0.1, 0.15) is 0 Å². The lowest BCUT2D eigenvalue weighted by Crippen LogP contribution is -2.44. The molecule has 1 aromatic rings. The molecule has 2 amide bonds. The van der Waals surface area contributed by atoms with E-state index in [1.165, 1.54) is 11.0 Å². The van der Waals surface area contributed by atoms with E-state index in [1.54, 1.807) is 24.1 Å². The lowest BCUT2D eigenvalue weighted by atomic mass is 9.99. The van der Waals surface area contributed by atoms with Crippen LogP contribution in [0.4, 0.5) is 10.5 Å². The van der Waals surface area contributed by atoms with Gasteiger partial charge in [0.15, 0.2) is 0 Å².